The van der Waals surface area contributed by atoms with Crippen LogP contribution in [-0.2, 0) is 4.74 Å². The molecule has 0 radical (unpaired) electrons. The monoisotopic (exact) mass is 244 g/mol. The van der Waals surface area contributed by atoms with Gasteiger partial charge in [0.1, 0.15) is 0 Å². The standard InChI is InChI=1S/C8H12N2O3.2C2H6/c1-4-13-7(3)8(10(11)12)5-6(2)9;2*1-2/h5H,2-4,9H2,1H3;2*1-2H3/b8-5+;;. The predicted octanol–water partition coefficient (Wildman–Crippen LogP) is 3.22. The van der Waals surface area contributed by atoms with E-state index in [1.807, 2.05) is 27.7 Å². The summed E-state index contributed by atoms with van der Waals surface area (Å²) in [7, 11) is 0. The third-order valence-corrected chi connectivity index (χ3v) is 1.12. The van der Waals surface area contributed by atoms with Gasteiger partial charge in [-0.25, -0.2) is 0 Å². The summed E-state index contributed by atoms with van der Waals surface area (Å²) in [5.41, 5.74) is 5.01. The Morgan fingerprint density at radius 2 is 1.76 bits per heavy atom. The number of rotatable bonds is 5. The molecular formula is C12H24N2O3. The van der Waals surface area contributed by atoms with Crippen LogP contribution >= 0.6 is 0 Å². The SMILES string of the molecule is C=C(N)/C=C(\C(=C)OCC)[N+](=O)[O-].CC.CC. The van der Waals surface area contributed by atoms with E-state index in [-0.39, 0.29) is 17.2 Å². The van der Waals surface area contributed by atoms with Crippen molar-refractivity contribution in [3.8, 4) is 0 Å². The molecule has 0 aromatic heterocycles. The molecule has 2 N–H and O–H groups in total. The lowest BCUT2D eigenvalue weighted by atomic mass is 10.3. The van der Waals surface area contributed by atoms with E-state index in [2.05, 4.69) is 13.2 Å². The zero-order valence-electron chi connectivity index (χ0n) is 11.4. The second-order valence-electron chi connectivity index (χ2n) is 2.22. The van der Waals surface area contributed by atoms with Crippen molar-refractivity contribution >= 4 is 0 Å². The molecule has 0 bridgehead atoms. The van der Waals surface area contributed by atoms with Gasteiger partial charge in [-0.1, -0.05) is 34.3 Å². The second kappa shape index (κ2) is 14.2. The summed E-state index contributed by atoms with van der Waals surface area (Å²) in [5, 5.41) is 10.5. The summed E-state index contributed by atoms with van der Waals surface area (Å²) in [6.07, 6.45) is 1.11. The van der Waals surface area contributed by atoms with Gasteiger partial charge in [0.25, 0.3) is 0 Å². The number of nitrogens with zero attached hydrogens (tertiary/aromatic N) is 1. The Hall–Kier alpha value is -1.78. The van der Waals surface area contributed by atoms with E-state index in [1.54, 1.807) is 6.92 Å². The average Bonchev–Trinajstić information content (AvgIpc) is 2.31. The summed E-state index contributed by atoms with van der Waals surface area (Å²) in [5.74, 6) is -0.0147. The number of hydrogen-bond donors (Lipinski definition) is 1. The number of nitro groups is 1. The highest BCUT2D eigenvalue weighted by atomic mass is 16.6. The molecule has 0 aromatic carbocycles. The summed E-state index contributed by atoms with van der Waals surface area (Å²) in [6, 6.07) is 0. The zero-order valence-corrected chi connectivity index (χ0v) is 11.4. The van der Waals surface area contributed by atoms with Gasteiger partial charge in [0.2, 0.25) is 0 Å². The first-order valence-corrected chi connectivity index (χ1v) is 5.61. The Morgan fingerprint density at radius 3 is 2.00 bits per heavy atom. The smallest absolute Gasteiger partial charge is 0.312 e. The predicted molar refractivity (Wildman–Crippen MR) is 71.9 cm³/mol. The molecule has 0 saturated heterocycles. The van der Waals surface area contributed by atoms with Crippen LogP contribution in [0.25, 0.3) is 0 Å². The van der Waals surface area contributed by atoms with Gasteiger partial charge >= 0.3 is 5.70 Å². The highest BCUT2D eigenvalue weighted by molar-refractivity contribution is 5.24. The van der Waals surface area contributed by atoms with E-state index in [0.717, 1.165) is 6.08 Å². The topological polar surface area (TPSA) is 78.4 Å². The van der Waals surface area contributed by atoms with Crippen molar-refractivity contribution < 1.29 is 9.66 Å². The number of allylic oxidation sites excluding steroid dienone is 1. The van der Waals surface area contributed by atoms with E-state index in [9.17, 15) is 10.1 Å². The quantitative estimate of drug-likeness (QED) is 0.348. The average molecular weight is 244 g/mol. The Balaban J connectivity index is -0.000000439. The summed E-state index contributed by atoms with van der Waals surface area (Å²) >= 11 is 0. The first-order chi connectivity index (χ1) is 7.99. The Morgan fingerprint density at radius 1 is 1.35 bits per heavy atom. The van der Waals surface area contributed by atoms with Gasteiger partial charge in [-0.15, -0.1) is 0 Å². The third-order valence-electron chi connectivity index (χ3n) is 1.12. The lowest BCUT2D eigenvalue weighted by Gasteiger charge is -2.03. The van der Waals surface area contributed by atoms with Crippen molar-refractivity contribution in [2.24, 2.45) is 5.73 Å². The molecule has 5 nitrogen and oxygen atoms in total. The molecule has 17 heavy (non-hydrogen) atoms. The van der Waals surface area contributed by atoms with E-state index < -0.39 is 4.92 Å². The summed E-state index contributed by atoms with van der Waals surface area (Å²) in [6.45, 7) is 16.7. The highest BCUT2D eigenvalue weighted by Crippen LogP contribution is 2.10. The van der Waals surface area contributed by atoms with Crippen molar-refractivity contribution in [1.82, 2.24) is 0 Å². The third kappa shape index (κ3) is 12.2. The van der Waals surface area contributed by atoms with Gasteiger partial charge in [0.05, 0.1) is 11.5 Å². The zero-order chi connectivity index (χ0) is 14.4. The molecule has 0 fully saturated rings. The lowest BCUT2D eigenvalue weighted by molar-refractivity contribution is -0.424. The van der Waals surface area contributed by atoms with Gasteiger partial charge in [-0.05, 0) is 13.5 Å². The van der Waals surface area contributed by atoms with Crippen LogP contribution in [0.1, 0.15) is 34.6 Å². The van der Waals surface area contributed by atoms with Crippen LogP contribution in [0.4, 0.5) is 0 Å². The molecule has 0 atom stereocenters. The summed E-state index contributed by atoms with van der Waals surface area (Å²) in [4.78, 5) is 9.84. The molecule has 0 saturated carbocycles. The number of ether oxygens (including phenoxy) is 1. The van der Waals surface area contributed by atoms with Gasteiger partial charge in [0, 0.05) is 11.8 Å². The molecule has 0 rings (SSSR count). The van der Waals surface area contributed by atoms with Gasteiger partial charge in [-0.2, -0.15) is 0 Å². The van der Waals surface area contributed by atoms with Crippen molar-refractivity contribution in [2.45, 2.75) is 34.6 Å². The lowest BCUT2D eigenvalue weighted by Crippen LogP contribution is -2.06. The second-order valence-corrected chi connectivity index (χ2v) is 2.22. The Bertz CT molecular complexity index is 271. The fourth-order valence-corrected chi connectivity index (χ4v) is 0.659. The van der Waals surface area contributed by atoms with Crippen LogP contribution in [0.2, 0.25) is 0 Å². The first kappa shape index (κ1) is 20.6. The molecule has 0 spiro atoms. The van der Waals surface area contributed by atoms with Gasteiger partial charge in [0.15, 0.2) is 5.76 Å². The van der Waals surface area contributed by atoms with Crippen molar-refractivity contribution in [2.75, 3.05) is 6.61 Å². The minimum Gasteiger partial charge on any atom is -0.488 e. The largest absolute Gasteiger partial charge is 0.488 e. The van der Waals surface area contributed by atoms with Gasteiger partial charge < -0.3 is 10.5 Å². The minimum absolute atomic E-state index is 0.0147. The van der Waals surface area contributed by atoms with Crippen LogP contribution in [0, 0.1) is 10.1 Å². The minimum atomic E-state index is -0.615. The van der Waals surface area contributed by atoms with Crippen LogP contribution in [0.15, 0.2) is 36.4 Å². The fourth-order valence-electron chi connectivity index (χ4n) is 0.659. The molecule has 0 heterocycles. The molecular weight excluding hydrogens is 220 g/mol. The van der Waals surface area contributed by atoms with Crippen LogP contribution in [0.3, 0.4) is 0 Å². The fraction of sp³-hybridized carbons (Fsp3) is 0.500. The molecule has 0 unspecified atom stereocenters. The van der Waals surface area contributed by atoms with Crippen LogP contribution in [-0.4, -0.2) is 11.5 Å². The maximum Gasteiger partial charge on any atom is 0.312 e. The van der Waals surface area contributed by atoms with E-state index in [0.29, 0.717) is 6.61 Å². The Kier molecular flexibility index (Phi) is 17.2. The van der Waals surface area contributed by atoms with E-state index in [4.69, 9.17) is 10.5 Å². The van der Waals surface area contributed by atoms with E-state index in [1.165, 1.54) is 0 Å². The molecule has 0 aliphatic carbocycles. The Labute approximate surface area is 104 Å². The van der Waals surface area contributed by atoms with Crippen molar-refractivity contribution in [1.29, 1.82) is 0 Å². The molecule has 0 aliphatic heterocycles. The molecule has 5 heteroatoms. The summed E-state index contributed by atoms with van der Waals surface area (Å²) < 4.78 is 4.87. The van der Waals surface area contributed by atoms with Crippen LogP contribution in [0.5, 0.6) is 0 Å². The maximum absolute atomic E-state index is 10.5. The normalized spacial score (nSPS) is 8.88. The highest BCUT2D eigenvalue weighted by Gasteiger charge is 2.16. The first-order valence-electron chi connectivity index (χ1n) is 5.61. The molecule has 0 aromatic rings. The van der Waals surface area contributed by atoms with Gasteiger partial charge in [-0.3, -0.25) is 10.1 Å². The maximum atomic E-state index is 10.5. The molecule has 100 valence electrons. The molecule has 0 amide bonds. The van der Waals surface area contributed by atoms with Crippen molar-refractivity contribution in [3.63, 3.8) is 0 Å². The number of nitrogens with two attached hydrogens (primary N) is 1. The van der Waals surface area contributed by atoms with Crippen LogP contribution < -0.4 is 5.73 Å². The van der Waals surface area contributed by atoms with E-state index >= 15 is 0 Å². The number of hydrogen-bond acceptors (Lipinski definition) is 4. The molecule has 0 aliphatic rings. The van der Waals surface area contributed by atoms with Crippen molar-refractivity contribution in [3.05, 3.63) is 46.5 Å².